The molecule has 0 aliphatic rings. The third-order valence-corrected chi connectivity index (χ3v) is 1.36. The number of anilines is 1. The van der Waals surface area contributed by atoms with E-state index in [9.17, 15) is 4.79 Å². The van der Waals surface area contributed by atoms with Crippen LogP contribution in [0.1, 0.15) is 0 Å². The van der Waals surface area contributed by atoms with Crippen molar-refractivity contribution in [1.82, 2.24) is 15.0 Å². The van der Waals surface area contributed by atoms with Crippen LogP contribution in [0.4, 0.5) is 5.95 Å². The standard InChI is InChI=1S/C5H5N5O.HO3P.H2O/c6-5-9-3-2(4(11)10-5)7-1-8-3;1-4(2)3;/h1H,(H4,6,7,8,9,10,11);(H,1,2,3);1H2/p+1. The van der Waals surface area contributed by atoms with E-state index in [0.29, 0.717) is 11.2 Å². The summed E-state index contributed by atoms with van der Waals surface area (Å²) < 4.78 is 8.59. The van der Waals surface area contributed by atoms with Crippen LogP contribution < -0.4 is 21.2 Å². The van der Waals surface area contributed by atoms with Crippen molar-refractivity contribution >= 4 is 25.4 Å². The van der Waals surface area contributed by atoms with Crippen LogP contribution in [0.3, 0.4) is 0 Å². The first-order valence-corrected chi connectivity index (χ1v) is 4.71. The van der Waals surface area contributed by atoms with Gasteiger partial charge in [-0.05, 0) is 4.57 Å². The third-order valence-electron chi connectivity index (χ3n) is 1.36. The summed E-state index contributed by atoms with van der Waals surface area (Å²) in [4.78, 5) is 38.3. The van der Waals surface area contributed by atoms with Crippen LogP contribution in [0.2, 0.25) is 0 Å². The van der Waals surface area contributed by atoms with Gasteiger partial charge in [-0.1, -0.05) is 4.98 Å². The average molecular weight is 250 g/mol. The van der Waals surface area contributed by atoms with Gasteiger partial charge < -0.3 is 16.1 Å². The molecule has 2 rings (SSSR count). The highest BCUT2D eigenvalue weighted by Crippen LogP contribution is 1.94. The Labute approximate surface area is 88.4 Å². The lowest BCUT2D eigenvalue weighted by atomic mass is 10.5. The lowest BCUT2D eigenvalue weighted by Crippen LogP contribution is -2.13. The van der Waals surface area contributed by atoms with E-state index in [4.69, 9.17) is 20.1 Å². The van der Waals surface area contributed by atoms with Gasteiger partial charge in [-0.25, -0.2) is 4.98 Å². The van der Waals surface area contributed by atoms with E-state index in [1.54, 1.807) is 0 Å². The minimum atomic E-state index is -3.12. The Balaban J connectivity index is 0.000000397. The predicted octanol–water partition coefficient (Wildman–Crippen LogP) is -3.18. The average Bonchev–Trinajstić information content (AvgIpc) is 2.50. The SMILES string of the molecule is Nc1nc2[nH+]c[nH]c2c(=O)[nH]1.O.O=[P+]([O-])O. The number of aromatic nitrogens is 4. The van der Waals surface area contributed by atoms with Gasteiger partial charge in [0.15, 0.2) is 6.33 Å². The molecule has 1 unspecified atom stereocenters. The fourth-order valence-corrected chi connectivity index (χ4v) is 0.906. The number of nitrogens with zero attached hydrogens (tertiary/aromatic N) is 1. The number of H-pyrrole nitrogens is 3. The summed E-state index contributed by atoms with van der Waals surface area (Å²) in [5.41, 5.74) is 5.88. The fourth-order valence-electron chi connectivity index (χ4n) is 0.906. The molecule has 0 bridgehead atoms. The van der Waals surface area contributed by atoms with E-state index in [0.717, 1.165) is 0 Å². The summed E-state index contributed by atoms with van der Waals surface area (Å²) in [6.07, 6.45) is 1.52. The van der Waals surface area contributed by atoms with Gasteiger partial charge in [0.25, 0.3) is 11.5 Å². The van der Waals surface area contributed by atoms with Gasteiger partial charge in [-0.3, -0.25) is 14.8 Å². The number of imidazole rings is 1. The number of fused-ring (bicyclic) bond motifs is 1. The molecule has 2 aromatic rings. The van der Waals surface area contributed by atoms with Crippen LogP contribution in [-0.2, 0) is 4.57 Å². The Morgan fingerprint density at radius 1 is 1.62 bits per heavy atom. The molecule has 0 saturated heterocycles. The molecule has 0 aliphatic heterocycles. The van der Waals surface area contributed by atoms with E-state index >= 15 is 0 Å². The molecule has 88 valence electrons. The summed E-state index contributed by atoms with van der Waals surface area (Å²) >= 11 is 0. The molecule has 8 N–H and O–H groups in total. The monoisotopic (exact) mass is 250 g/mol. The largest absolute Gasteiger partial charge is 0.567 e. The Hall–Kier alpha value is -1.87. The minimum Gasteiger partial charge on any atom is -0.567 e. The number of nitrogen functional groups attached to an aromatic ring is 1. The normalized spacial score (nSPS) is 10.0. The number of rotatable bonds is 0. The second-order valence-corrected chi connectivity index (χ2v) is 2.82. The maximum atomic E-state index is 11.0. The van der Waals surface area contributed by atoms with E-state index in [-0.39, 0.29) is 17.0 Å². The lowest BCUT2D eigenvalue weighted by molar-refractivity contribution is -0.347. The number of hydrogen-bond acceptors (Lipinski definition) is 5. The van der Waals surface area contributed by atoms with Crippen LogP contribution >= 0.6 is 8.25 Å². The molecule has 0 aliphatic carbocycles. The van der Waals surface area contributed by atoms with E-state index < -0.39 is 8.25 Å². The van der Waals surface area contributed by atoms with Gasteiger partial charge in [0, 0.05) is 0 Å². The minimum absolute atomic E-state index is 0. The van der Waals surface area contributed by atoms with Crippen LogP contribution in [0.15, 0.2) is 11.1 Å². The van der Waals surface area contributed by atoms with Crippen molar-refractivity contribution < 1.29 is 24.8 Å². The fraction of sp³-hybridized carbons (Fsp3) is 0. The highest BCUT2D eigenvalue weighted by atomic mass is 31.1. The topological polar surface area (TPSA) is 194 Å². The molecule has 0 saturated carbocycles. The van der Waals surface area contributed by atoms with E-state index in [2.05, 4.69) is 19.9 Å². The zero-order valence-electron chi connectivity index (χ0n) is 7.72. The molecular weight excluding hydrogens is 241 g/mol. The Bertz CT molecular complexity index is 531. The van der Waals surface area contributed by atoms with E-state index in [1.807, 2.05) is 0 Å². The Kier molecular flexibility index (Phi) is 5.19. The second kappa shape index (κ2) is 5.88. The van der Waals surface area contributed by atoms with Gasteiger partial charge in [-0.2, -0.15) is 4.89 Å². The van der Waals surface area contributed by atoms with Crippen LogP contribution in [0.25, 0.3) is 11.2 Å². The molecule has 0 aromatic carbocycles. The molecule has 0 fully saturated rings. The molecule has 1 atom stereocenters. The maximum Gasteiger partial charge on any atom is 0.485 e. The Morgan fingerprint density at radius 2 is 2.19 bits per heavy atom. The highest BCUT2D eigenvalue weighted by molar-refractivity contribution is 7.29. The van der Waals surface area contributed by atoms with Crippen molar-refractivity contribution in [2.24, 2.45) is 0 Å². The van der Waals surface area contributed by atoms with Gasteiger partial charge in [-0.15, -0.1) is 0 Å². The van der Waals surface area contributed by atoms with Gasteiger partial charge >= 0.3 is 13.9 Å². The van der Waals surface area contributed by atoms with Gasteiger partial charge in [0.2, 0.25) is 5.52 Å². The molecule has 0 spiro atoms. The molecule has 2 heterocycles. The number of hydrogen-bond donors (Lipinski definition) is 4. The first-order valence-electron chi connectivity index (χ1n) is 3.58. The number of nitrogens with two attached hydrogens (primary N) is 1. The smallest absolute Gasteiger partial charge is 0.485 e. The predicted molar refractivity (Wildman–Crippen MR) is 51.1 cm³/mol. The van der Waals surface area contributed by atoms with Crippen LogP contribution in [0, 0.1) is 0 Å². The zero-order chi connectivity index (χ0) is 11.4. The molecule has 0 amide bonds. The molecule has 16 heavy (non-hydrogen) atoms. The zero-order valence-corrected chi connectivity index (χ0v) is 8.62. The number of aromatic amines is 3. The molecule has 2 aromatic heterocycles. The summed E-state index contributed by atoms with van der Waals surface area (Å²) in [7, 11) is -3.12. The highest BCUT2D eigenvalue weighted by Gasteiger charge is 2.08. The quantitative estimate of drug-likeness (QED) is 0.355. The molecule has 10 nitrogen and oxygen atoms in total. The van der Waals surface area contributed by atoms with Crippen LogP contribution in [-0.4, -0.2) is 25.3 Å². The maximum absolute atomic E-state index is 11.0. The van der Waals surface area contributed by atoms with Gasteiger partial charge in [0.05, 0.1) is 0 Å². The van der Waals surface area contributed by atoms with Crippen molar-refractivity contribution in [3.63, 3.8) is 0 Å². The van der Waals surface area contributed by atoms with Gasteiger partial charge in [0.1, 0.15) is 0 Å². The van der Waals surface area contributed by atoms with Crippen LogP contribution in [0.5, 0.6) is 0 Å². The summed E-state index contributed by atoms with van der Waals surface area (Å²) in [5, 5.41) is 0. The van der Waals surface area contributed by atoms with Crippen molar-refractivity contribution in [3.8, 4) is 0 Å². The molecular formula is C5H9N5O5P+. The molecule has 0 radical (unpaired) electrons. The molecule has 11 heteroatoms. The summed E-state index contributed by atoms with van der Waals surface area (Å²) in [5.74, 6) is 0.110. The Morgan fingerprint density at radius 3 is 2.75 bits per heavy atom. The second-order valence-electron chi connectivity index (χ2n) is 2.35. The van der Waals surface area contributed by atoms with Crippen molar-refractivity contribution in [1.29, 1.82) is 0 Å². The number of nitrogens with one attached hydrogen (secondary N) is 3. The van der Waals surface area contributed by atoms with E-state index in [1.165, 1.54) is 6.33 Å². The van der Waals surface area contributed by atoms with Crippen molar-refractivity contribution in [2.75, 3.05) is 5.73 Å². The summed E-state index contributed by atoms with van der Waals surface area (Å²) in [6.45, 7) is 0. The van der Waals surface area contributed by atoms with Crippen molar-refractivity contribution in [3.05, 3.63) is 16.7 Å². The third kappa shape index (κ3) is 3.71. The lowest BCUT2D eigenvalue weighted by Gasteiger charge is -1.82. The summed E-state index contributed by atoms with van der Waals surface area (Å²) in [6, 6.07) is 0. The first kappa shape index (κ1) is 14.1. The first-order chi connectivity index (χ1) is 7.00. The van der Waals surface area contributed by atoms with Crippen molar-refractivity contribution in [2.45, 2.75) is 0 Å².